The van der Waals surface area contributed by atoms with Gasteiger partial charge >= 0.3 is 0 Å². The molecule has 0 saturated heterocycles. The molecule has 1 unspecified atom stereocenters. The Morgan fingerprint density at radius 3 is 2.30 bits per heavy atom. The fourth-order valence-electron chi connectivity index (χ4n) is 2.59. The van der Waals surface area contributed by atoms with Crippen LogP contribution in [0.5, 0.6) is 0 Å². The molecule has 1 amide bonds. The highest BCUT2D eigenvalue weighted by molar-refractivity contribution is 6.30. The smallest absolute Gasteiger partial charge is 0.251 e. The molecule has 0 spiro atoms. The number of hydrogen-bond acceptors (Lipinski definition) is 4. The van der Waals surface area contributed by atoms with Gasteiger partial charge in [-0.15, -0.1) is 0 Å². The molecule has 27 heavy (non-hydrogen) atoms. The van der Waals surface area contributed by atoms with Crippen LogP contribution >= 0.6 is 11.6 Å². The standard InChI is InChI=1S/C21H22ClN3O2/c1-13(23-19(26)15-7-11-17(22)12-8-15)20-24-18(25-27-20)14-5-9-16(10-6-14)21(2,3)4/h5-13H,1-4H3,(H,23,26). The second-order valence-electron chi connectivity index (χ2n) is 7.49. The summed E-state index contributed by atoms with van der Waals surface area (Å²) >= 11 is 5.85. The van der Waals surface area contributed by atoms with Crippen molar-refractivity contribution in [2.75, 3.05) is 0 Å². The first-order valence-corrected chi connectivity index (χ1v) is 9.13. The summed E-state index contributed by atoms with van der Waals surface area (Å²) in [5.74, 6) is 0.624. The monoisotopic (exact) mass is 383 g/mol. The predicted molar refractivity (Wildman–Crippen MR) is 106 cm³/mol. The summed E-state index contributed by atoms with van der Waals surface area (Å²) in [5.41, 5.74) is 2.71. The fourth-order valence-corrected chi connectivity index (χ4v) is 2.72. The molecule has 0 aliphatic carbocycles. The molecule has 1 N–H and O–H groups in total. The molecule has 0 fully saturated rings. The van der Waals surface area contributed by atoms with Gasteiger partial charge in [-0.1, -0.05) is 61.8 Å². The van der Waals surface area contributed by atoms with Gasteiger partial charge in [-0.25, -0.2) is 0 Å². The molecule has 1 atom stereocenters. The summed E-state index contributed by atoms with van der Waals surface area (Å²) in [6, 6.07) is 14.4. The van der Waals surface area contributed by atoms with E-state index in [-0.39, 0.29) is 11.3 Å². The normalized spacial score (nSPS) is 12.6. The van der Waals surface area contributed by atoms with E-state index in [0.717, 1.165) is 5.56 Å². The molecular formula is C21H22ClN3O2. The van der Waals surface area contributed by atoms with E-state index >= 15 is 0 Å². The summed E-state index contributed by atoms with van der Waals surface area (Å²) < 4.78 is 5.34. The van der Waals surface area contributed by atoms with Gasteiger partial charge in [0.15, 0.2) is 0 Å². The average Bonchev–Trinajstić information content (AvgIpc) is 3.12. The maximum atomic E-state index is 12.3. The number of halogens is 1. The maximum Gasteiger partial charge on any atom is 0.251 e. The van der Waals surface area contributed by atoms with Crippen molar-refractivity contribution in [2.24, 2.45) is 0 Å². The van der Waals surface area contributed by atoms with Crippen LogP contribution in [-0.4, -0.2) is 16.0 Å². The average molecular weight is 384 g/mol. The number of benzene rings is 2. The number of rotatable bonds is 4. The predicted octanol–water partition coefficient (Wildman–Crippen LogP) is 5.18. The van der Waals surface area contributed by atoms with Crippen LogP contribution in [0.15, 0.2) is 53.1 Å². The third-order valence-electron chi connectivity index (χ3n) is 4.28. The van der Waals surface area contributed by atoms with Crippen molar-refractivity contribution in [3.8, 4) is 11.4 Å². The van der Waals surface area contributed by atoms with Crippen molar-refractivity contribution < 1.29 is 9.32 Å². The van der Waals surface area contributed by atoms with Crippen LogP contribution < -0.4 is 5.32 Å². The SMILES string of the molecule is CC(NC(=O)c1ccc(Cl)cc1)c1nc(-c2ccc(C(C)(C)C)cc2)no1. The molecule has 0 aliphatic rings. The zero-order valence-corrected chi connectivity index (χ0v) is 16.5. The lowest BCUT2D eigenvalue weighted by Crippen LogP contribution is -2.26. The Morgan fingerprint density at radius 2 is 1.70 bits per heavy atom. The Balaban J connectivity index is 1.71. The van der Waals surface area contributed by atoms with E-state index in [9.17, 15) is 4.79 Å². The van der Waals surface area contributed by atoms with Gasteiger partial charge in [0.1, 0.15) is 6.04 Å². The molecule has 2 aromatic carbocycles. The van der Waals surface area contributed by atoms with Crippen LogP contribution in [0.1, 0.15) is 55.5 Å². The summed E-state index contributed by atoms with van der Waals surface area (Å²) in [6.45, 7) is 8.30. The van der Waals surface area contributed by atoms with Gasteiger partial charge in [0, 0.05) is 16.1 Å². The molecule has 3 aromatic rings. The Hall–Kier alpha value is -2.66. The molecule has 0 aliphatic heterocycles. The van der Waals surface area contributed by atoms with Gasteiger partial charge in [0.05, 0.1) is 0 Å². The first-order valence-electron chi connectivity index (χ1n) is 8.75. The number of aromatic nitrogens is 2. The first kappa shape index (κ1) is 19.1. The molecular weight excluding hydrogens is 362 g/mol. The van der Waals surface area contributed by atoms with Crippen molar-refractivity contribution in [1.82, 2.24) is 15.5 Å². The van der Waals surface area contributed by atoms with Crippen LogP contribution in [0.2, 0.25) is 5.02 Å². The number of amides is 1. The number of nitrogens with zero attached hydrogens (tertiary/aromatic N) is 2. The van der Waals surface area contributed by atoms with E-state index in [2.05, 4.69) is 48.4 Å². The van der Waals surface area contributed by atoms with Crippen molar-refractivity contribution >= 4 is 17.5 Å². The van der Waals surface area contributed by atoms with Gasteiger partial charge < -0.3 is 9.84 Å². The number of carbonyl (C=O) groups is 1. The van der Waals surface area contributed by atoms with Crippen molar-refractivity contribution in [1.29, 1.82) is 0 Å². The van der Waals surface area contributed by atoms with Gasteiger partial charge in [-0.2, -0.15) is 4.98 Å². The lowest BCUT2D eigenvalue weighted by atomic mass is 9.87. The highest BCUT2D eigenvalue weighted by Crippen LogP contribution is 2.25. The fraction of sp³-hybridized carbons (Fsp3) is 0.286. The summed E-state index contributed by atoms with van der Waals surface area (Å²) in [6.07, 6.45) is 0. The quantitative estimate of drug-likeness (QED) is 0.674. The Bertz CT molecular complexity index is 925. The number of hydrogen-bond donors (Lipinski definition) is 1. The van der Waals surface area contributed by atoms with E-state index in [0.29, 0.717) is 22.3 Å². The van der Waals surface area contributed by atoms with E-state index in [1.807, 2.05) is 12.1 Å². The van der Waals surface area contributed by atoms with Crippen LogP contribution in [-0.2, 0) is 5.41 Å². The molecule has 0 saturated carbocycles. The Labute approximate surface area is 163 Å². The first-order chi connectivity index (χ1) is 12.7. The van der Waals surface area contributed by atoms with Gasteiger partial charge in [-0.05, 0) is 42.2 Å². The second kappa shape index (κ2) is 7.53. The zero-order chi connectivity index (χ0) is 19.6. The summed E-state index contributed by atoms with van der Waals surface area (Å²) in [7, 11) is 0. The van der Waals surface area contributed by atoms with Crippen molar-refractivity contribution in [3.05, 3.63) is 70.6 Å². The van der Waals surface area contributed by atoms with Gasteiger partial charge in [0.25, 0.3) is 5.91 Å². The highest BCUT2D eigenvalue weighted by Gasteiger charge is 2.19. The molecule has 6 heteroatoms. The van der Waals surface area contributed by atoms with E-state index < -0.39 is 6.04 Å². The summed E-state index contributed by atoms with van der Waals surface area (Å²) in [5, 5.41) is 7.47. The number of nitrogens with one attached hydrogen (secondary N) is 1. The third-order valence-corrected chi connectivity index (χ3v) is 4.53. The maximum absolute atomic E-state index is 12.3. The van der Waals surface area contributed by atoms with Crippen molar-refractivity contribution in [2.45, 2.75) is 39.2 Å². The molecule has 3 rings (SSSR count). The topological polar surface area (TPSA) is 68.0 Å². The molecule has 140 valence electrons. The third kappa shape index (κ3) is 4.55. The minimum atomic E-state index is -0.414. The van der Waals surface area contributed by atoms with Gasteiger partial charge in [0.2, 0.25) is 11.7 Å². The van der Waals surface area contributed by atoms with E-state index in [1.54, 1.807) is 31.2 Å². The molecule has 0 radical (unpaired) electrons. The molecule has 1 aromatic heterocycles. The van der Waals surface area contributed by atoms with Crippen LogP contribution in [0.4, 0.5) is 0 Å². The van der Waals surface area contributed by atoms with Crippen molar-refractivity contribution in [3.63, 3.8) is 0 Å². The highest BCUT2D eigenvalue weighted by atomic mass is 35.5. The Kier molecular flexibility index (Phi) is 5.33. The van der Waals surface area contributed by atoms with E-state index in [4.69, 9.17) is 16.1 Å². The summed E-state index contributed by atoms with van der Waals surface area (Å²) in [4.78, 5) is 16.7. The minimum absolute atomic E-state index is 0.0847. The van der Waals surface area contributed by atoms with Crippen LogP contribution in [0.25, 0.3) is 11.4 Å². The zero-order valence-electron chi connectivity index (χ0n) is 15.8. The largest absolute Gasteiger partial charge is 0.341 e. The lowest BCUT2D eigenvalue weighted by Gasteiger charge is -2.18. The molecule has 5 nitrogen and oxygen atoms in total. The number of carbonyl (C=O) groups excluding carboxylic acids is 1. The van der Waals surface area contributed by atoms with Gasteiger partial charge in [-0.3, -0.25) is 4.79 Å². The minimum Gasteiger partial charge on any atom is -0.341 e. The Morgan fingerprint density at radius 1 is 1.07 bits per heavy atom. The van der Waals surface area contributed by atoms with E-state index in [1.165, 1.54) is 5.56 Å². The lowest BCUT2D eigenvalue weighted by molar-refractivity contribution is 0.0932. The van der Waals surface area contributed by atoms with Crippen LogP contribution in [0, 0.1) is 0 Å². The van der Waals surface area contributed by atoms with Crippen LogP contribution in [0.3, 0.4) is 0 Å². The molecule has 0 bridgehead atoms. The second-order valence-corrected chi connectivity index (χ2v) is 7.92. The molecule has 1 heterocycles.